The number of imidazole rings is 1. The average Bonchev–Trinajstić information content (AvgIpc) is 1.77. The molecular formula is C94H134N24O18S. The number of unbranched alkanes of at least 4 members (excludes halogenated alkanes) is 2. The van der Waals surface area contributed by atoms with Gasteiger partial charge >= 0.3 is 0 Å². The number of H-pyrrole nitrogens is 3. The van der Waals surface area contributed by atoms with Crippen molar-refractivity contribution >= 4 is 140 Å². The number of likely N-dealkylation sites (N-methyl/N-ethyl adjacent to an activating group) is 3. The second kappa shape index (κ2) is 52.6. The van der Waals surface area contributed by atoms with Crippen molar-refractivity contribution in [3.8, 4) is 0 Å². The SMILES string of the molecule is CCCC[C@H]1C(=O)N(C)[C@@H](CCCC)C(=O)N[C@@H](CCCNC(=N)N)C(=O)N[C@H](C(=O)NCC(N)=O)CSCC(=O)NC(CCCc2ccccc2)C(=O)N(C)[C@@H](C)C(=O)N[C@@H](CCC(N)=O)C(=O)N2CCC[C@H]2C(=O)N[C@@H](Cc2cnc[nH]2)C(=O)N[C@@H](CC(C)C)C(=O)N2CCCC2C(=O)N[C@@H](Cc2c[nH]c3ccccc23)C(=O)N[C@@H](CO)C(=O)N[C@@H](Cc2c[nH]c3ccccc23)C(=O)N1C. The van der Waals surface area contributed by atoms with Gasteiger partial charge in [0, 0.05) is 118 Å². The van der Waals surface area contributed by atoms with E-state index in [1.807, 2.05) is 58.0 Å². The van der Waals surface area contributed by atoms with Gasteiger partial charge in [-0.2, -0.15) is 0 Å². The highest BCUT2D eigenvalue weighted by Crippen LogP contribution is 2.28. The van der Waals surface area contributed by atoms with Crippen LogP contribution in [-0.2, 0) is 107 Å². The lowest BCUT2D eigenvalue weighted by Gasteiger charge is -2.36. The van der Waals surface area contributed by atoms with E-state index in [2.05, 4.69) is 78.4 Å². The van der Waals surface area contributed by atoms with E-state index in [1.165, 1.54) is 55.3 Å². The molecule has 2 unspecified atom stereocenters. The van der Waals surface area contributed by atoms with E-state index < -0.39 is 222 Å². The van der Waals surface area contributed by atoms with Gasteiger partial charge in [0.1, 0.15) is 84.6 Å². The average molecular weight is 1920 g/mol. The van der Waals surface area contributed by atoms with Gasteiger partial charge in [-0.05, 0) is 125 Å². The molecule has 744 valence electrons. The predicted octanol–water partition coefficient (Wildman–Crippen LogP) is -0.435. The molecule has 3 aromatic carbocycles. The molecule has 3 aliphatic heterocycles. The number of carbonyl (C=O) groups excluding carboxylic acids is 17. The number of benzene rings is 3. The van der Waals surface area contributed by atoms with Gasteiger partial charge < -0.3 is 120 Å². The van der Waals surface area contributed by atoms with Crippen LogP contribution in [0.15, 0.2) is 104 Å². The van der Waals surface area contributed by atoms with Gasteiger partial charge in [0.2, 0.25) is 100 Å². The predicted molar refractivity (Wildman–Crippen MR) is 511 cm³/mol. The van der Waals surface area contributed by atoms with Crippen LogP contribution in [0.5, 0.6) is 0 Å². The topological polar surface area (TPSA) is 621 Å². The zero-order valence-corrected chi connectivity index (χ0v) is 79.8. The Kier molecular flexibility index (Phi) is 41.1. The molecule has 6 heterocycles. The first kappa shape index (κ1) is 107. The number of aliphatic hydroxyl groups excluding tert-OH is 1. The van der Waals surface area contributed by atoms with Crippen molar-refractivity contribution in [2.45, 2.75) is 254 Å². The van der Waals surface area contributed by atoms with Crippen LogP contribution in [0.2, 0.25) is 0 Å². The molecule has 9 rings (SSSR count). The van der Waals surface area contributed by atoms with Crippen LogP contribution in [0.25, 0.3) is 21.8 Å². The number of aryl methyl sites for hydroxylation is 1. The lowest BCUT2D eigenvalue weighted by atomic mass is 10.00. The highest BCUT2D eigenvalue weighted by atomic mass is 32.2. The Labute approximate surface area is 799 Å². The molecule has 3 fully saturated rings. The Hall–Kier alpha value is -13.5. The number of hydrogen-bond acceptors (Lipinski definition) is 21. The normalized spacial score (nSPS) is 24.0. The smallest absolute Gasteiger partial charge is 0.245 e. The summed E-state index contributed by atoms with van der Waals surface area (Å²) in [7, 11) is 4.04. The summed E-state index contributed by atoms with van der Waals surface area (Å²) in [6, 6.07) is 3.02. The number of thioether (sulfide) groups is 1. The number of nitrogens with zero attached hydrogens (tertiary/aromatic N) is 6. The maximum absolute atomic E-state index is 15.8. The van der Waals surface area contributed by atoms with Crippen LogP contribution < -0.4 is 75.7 Å². The number of carbonyl (C=O) groups is 17. The van der Waals surface area contributed by atoms with Crippen LogP contribution in [0.4, 0.5) is 0 Å². The van der Waals surface area contributed by atoms with Crippen molar-refractivity contribution in [1.82, 2.24) is 103 Å². The Morgan fingerprint density at radius 3 is 1.58 bits per heavy atom. The van der Waals surface area contributed by atoms with Gasteiger partial charge in [-0.3, -0.25) is 86.9 Å². The number of nitrogens with two attached hydrogens (primary N) is 3. The van der Waals surface area contributed by atoms with Gasteiger partial charge in [-0.25, -0.2) is 4.98 Å². The Morgan fingerprint density at radius 1 is 0.511 bits per heavy atom. The summed E-state index contributed by atoms with van der Waals surface area (Å²) >= 11 is 0.819. The molecule has 0 bridgehead atoms. The van der Waals surface area contributed by atoms with Crippen LogP contribution >= 0.6 is 11.8 Å². The number of primary amides is 2. The van der Waals surface area contributed by atoms with Crippen molar-refractivity contribution < 1.29 is 86.6 Å². The first-order valence-corrected chi connectivity index (χ1v) is 48.0. The van der Waals surface area contributed by atoms with Crippen LogP contribution in [0.1, 0.15) is 166 Å². The highest BCUT2D eigenvalue weighted by molar-refractivity contribution is 8.00. The lowest BCUT2D eigenvalue weighted by Crippen LogP contribution is -2.62. The third-order valence-electron chi connectivity index (χ3n) is 25.0. The molecule has 43 heteroatoms. The molecule has 0 radical (unpaired) electrons. The maximum atomic E-state index is 15.8. The molecule has 17 amide bonds. The summed E-state index contributed by atoms with van der Waals surface area (Å²) < 4.78 is 0. The number of guanidine groups is 1. The molecule has 3 saturated heterocycles. The van der Waals surface area contributed by atoms with Crippen LogP contribution in [-0.4, -0.2) is 306 Å². The zero-order valence-electron chi connectivity index (χ0n) is 79.0. The first-order chi connectivity index (χ1) is 65.5. The fourth-order valence-corrected chi connectivity index (χ4v) is 18.1. The van der Waals surface area contributed by atoms with E-state index in [0.29, 0.717) is 77.2 Å². The number of nitrogens with one attached hydrogen (secondary N) is 15. The second-order valence-corrected chi connectivity index (χ2v) is 36.6. The molecule has 0 saturated carbocycles. The molecule has 3 aromatic heterocycles. The summed E-state index contributed by atoms with van der Waals surface area (Å²) in [6.07, 6.45) is 7.52. The maximum Gasteiger partial charge on any atom is 0.245 e. The number of aromatic nitrogens is 4. The van der Waals surface area contributed by atoms with Gasteiger partial charge in [-0.15, -0.1) is 11.8 Å². The summed E-state index contributed by atoms with van der Waals surface area (Å²) in [5, 5.41) is 50.3. The molecule has 22 N–H and O–H groups in total. The van der Waals surface area contributed by atoms with Crippen molar-refractivity contribution in [2.75, 3.05) is 65.4 Å². The Balaban J connectivity index is 1.10. The van der Waals surface area contributed by atoms with E-state index in [0.717, 1.165) is 27.1 Å². The molecule has 14 atom stereocenters. The molecule has 42 nitrogen and oxygen atoms in total. The number of para-hydroxylation sites is 2. The molecule has 137 heavy (non-hydrogen) atoms. The third-order valence-corrected chi connectivity index (χ3v) is 26.0. The summed E-state index contributed by atoms with van der Waals surface area (Å²) in [6.45, 7) is 6.89. The standard InChI is InChI=1S/C94H134N24O18S/c1-9-11-33-73-86(129)106-64(32-21-39-100-94(97)98)82(125)113-72(81(124)103-49-78(96)121)51-137-52-79(122)105-65(31-20-26-56-24-14-13-15-25-56)89(132)114(6)55(5)80(123)107-66(37-38-77(95)120)91(134)117-40-22-35-74(117)88(131)109-68(45-59-48-99-53-104-59)84(127)110-69(42-54(3)4)92(135)118-41-23-36-75(118)87(130)108-67(43-57-46-101-62-29-18-16-27-60(57)62)83(126)112-71(50-119)85(128)111-70(44-58-47-102-63-30-19-17-28-61(58)63)90(133)116(8)76(34-12-10-2)93(136)115(73)7/h13-19,24-25,27-30,46-48,53-55,64-76,101-102,119H,9-12,20-23,26,31-45,49-52H2,1-8H3,(H2,95,120)(H2,96,121)(H,99,104)(H,103,124)(H,105,122)(H,106,129)(H,107,123)(H,108,130)(H,109,131)(H,110,127)(H,111,128)(H,112,126)(H,113,125)(H4,97,98,100)/t55-,64-,65?,66-,67-,68-,69-,70-,71-,72-,73-,74-,75?,76-/m0/s1. The molecular weight excluding hydrogens is 1790 g/mol. The van der Waals surface area contributed by atoms with E-state index in [1.54, 1.807) is 60.9 Å². The number of aromatic amines is 3. The monoisotopic (exact) mass is 1920 g/mol. The van der Waals surface area contributed by atoms with Gasteiger partial charge in [0.25, 0.3) is 0 Å². The second-order valence-electron chi connectivity index (χ2n) is 35.6. The number of hydrogen-bond donors (Lipinski definition) is 19. The number of rotatable bonds is 29. The van der Waals surface area contributed by atoms with Crippen molar-refractivity contribution in [3.63, 3.8) is 0 Å². The largest absolute Gasteiger partial charge is 0.394 e. The zero-order chi connectivity index (χ0) is 99.7. The molecule has 3 aliphatic rings. The van der Waals surface area contributed by atoms with Crippen molar-refractivity contribution in [2.24, 2.45) is 23.1 Å². The van der Waals surface area contributed by atoms with E-state index in [4.69, 9.17) is 22.6 Å². The highest BCUT2D eigenvalue weighted by Gasteiger charge is 2.46. The molecule has 6 aromatic rings. The summed E-state index contributed by atoms with van der Waals surface area (Å²) in [5.41, 5.74) is 20.4. The van der Waals surface area contributed by atoms with Crippen LogP contribution in [0.3, 0.4) is 0 Å². The summed E-state index contributed by atoms with van der Waals surface area (Å²) in [5.74, 6) is -16.2. The van der Waals surface area contributed by atoms with E-state index >= 15 is 47.9 Å². The summed E-state index contributed by atoms with van der Waals surface area (Å²) in [4.78, 5) is 270. The minimum atomic E-state index is -1.84. The van der Waals surface area contributed by atoms with Gasteiger partial charge in [-0.1, -0.05) is 120 Å². The van der Waals surface area contributed by atoms with Crippen molar-refractivity contribution in [1.29, 1.82) is 5.41 Å². The van der Waals surface area contributed by atoms with Crippen LogP contribution in [0, 0.1) is 11.3 Å². The minimum absolute atomic E-state index is 0.00189. The first-order valence-electron chi connectivity index (χ1n) is 46.9. The quantitative estimate of drug-likeness (QED) is 0.0161. The van der Waals surface area contributed by atoms with Crippen molar-refractivity contribution in [3.05, 3.63) is 126 Å². The number of aliphatic hydroxyl groups is 1. The lowest BCUT2D eigenvalue weighted by molar-refractivity contribution is -0.149. The van der Waals surface area contributed by atoms with Gasteiger partial charge in [0.15, 0.2) is 5.96 Å². The minimum Gasteiger partial charge on any atom is -0.394 e. The fourth-order valence-electron chi connectivity index (χ4n) is 17.3. The third kappa shape index (κ3) is 30.8. The van der Waals surface area contributed by atoms with Gasteiger partial charge in [0.05, 0.1) is 25.2 Å². The molecule has 0 aliphatic carbocycles. The number of amides is 17. The van der Waals surface area contributed by atoms with E-state index in [9.17, 15) is 38.7 Å². The number of fused-ring (bicyclic) bond motifs is 4. The van der Waals surface area contributed by atoms with E-state index in [-0.39, 0.29) is 115 Å². The molecule has 0 spiro atoms. The Bertz CT molecular complexity index is 5210. The Morgan fingerprint density at radius 2 is 1.01 bits per heavy atom. The fraction of sp³-hybridized carbons (Fsp3) is 0.543.